The Morgan fingerprint density at radius 1 is 1.45 bits per heavy atom. The maximum Gasteiger partial charge on any atom is 0.253 e. The average Bonchev–Trinajstić information content (AvgIpc) is 2.62. The molecule has 2 unspecified atom stereocenters. The molecule has 2 atom stereocenters. The highest BCUT2D eigenvalue weighted by Crippen LogP contribution is 2.19. The van der Waals surface area contributed by atoms with Crippen LogP contribution in [0.15, 0.2) is 6.07 Å². The van der Waals surface area contributed by atoms with Crippen molar-refractivity contribution in [2.45, 2.75) is 31.7 Å². The van der Waals surface area contributed by atoms with Crippen LogP contribution in [0.1, 0.15) is 28.7 Å². The number of aryl methyl sites for hydroxylation is 2. The Bertz CT molecular complexity index is 633. The lowest BCUT2D eigenvalue weighted by molar-refractivity contribution is 0.0940. The first-order valence-corrected chi connectivity index (χ1v) is 8.56. The number of hydrogen-bond donors (Lipinski definition) is 1. The van der Waals surface area contributed by atoms with Gasteiger partial charge in [-0.05, 0) is 19.4 Å². The van der Waals surface area contributed by atoms with Gasteiger partial charge in [0.25, 0.3) is 5.91 Å². The fraction of sp³-hybridized carbons (Fsp3) is 0.583. The van der Waals surface area contributed by atoms with Gasteiger partial charge < -0.3 is 5.32 Å². The molecule has 0 aromatic carbocycles. The van der Waals surface area contributed by atoms with E-state index < -0.39 is 21.3 Å². The SMILES string of the molecule is CCc1nnc(C)cc1C(=O)NC1CS(=O)(=O)CC1Cl. The number of carbonyl (C=O) groups is 1. The molecular weight excluding hydrogens is 302 g/mol. The third-order valence-corrected chi connectivity index (χ3v) is 5.55. The number of hydrogen-bond acceptors (Lipinski definition) is 5. The third-order valence-electron chi connectivity index (χ3n) is 3.17. The van der Waals surface area contributed by atoms with Gasteiger partial charge in [-0.3, -0.25) is 4.79 Å². The summed E-state index contributed by atoms with van der Waals surface area (Å²) < 4.78 is 23.0. The van der Waals surface area contributed by atoms with Gasteiger partial charge in [-0.15, -0.1) is 11.6 Å². The fourth-order valence-electron chi connectivity index (χ4n) is 2.15. The first kappa shape index (κ1) is 15.2. The van der Waals surface area contributed by atoms with Crippen LogP contribution in [0.3, 0.4) is 0 Å². The summed E-state index contributed by atoms with van der Waals surface area (Å²) in [6, 6.07) is 1.08. The van der Waals surface area contributed by atoms with Gasteiger partial charge in [0.05, 0.1) is 39.9 Å². The lowest BCUT2D eigenvalue weighted by Crippen LogP contribution is -2.41. The van der Waals surface area contributed by atoms with E-state index in [1.807, 2.05) is 6.92 Å². The molecule has 0 spiro atoms. The van der Waals surface area contributed by atoms with Crippen LogP contribution < -0.4 is 5.32 Å². The molecule has 2 rings (SSSR count). The molecule has 1 aromatic heterocycles. The molecule has 1 aromatic rings. The zero-order valence-electron chi connectivity index (χ0n) is 11.3. The van der Waals surface area contributed by atoms with E-state index in [9.17, 15) is 13.2 Å². The van der Waals surface area contributed by atoms with Gasteiger partial charge >= 0.3 is 0 Å². The van der Waals surface area contributed by atoms with Crippen LogP contribution in [0.2, 0.25) is 0 Å². The van der Waals surface area contributed by atoms with Gasteiger partial charge in [-0.2, -0.15) is 10.2 Å². The quantitative estimate of drug-likeness (QED) is 0.819. The summed E-state index contributed by atoms with van der Waals surface area (Å²) in [5, 5.41) is 9.98. The van der Waals surface area contributed by atoms with E-state index in [2.05, 4.69) is 15.5 Å². The highest BCUT2D eigenvalue weighted by molar-refractivity contribution is 7.91. The van der Waals surface area contributed by atoms with Crippen molar-refractivity contribution in [1.29, 1.82) is 0 Å². The van der Waals surface area contributed by atoms with Crippen LogP contribution in [0, 0.1) is 6.92 Å². The minimum atomic E-state index is -3.17. The predicted octanol–water partition coefficient (Wildman–Crippen LogP) is 0.482. The Kier molecular flexibility index (Phi) is 4.29. The van der Waals surface area contributed by atoms with Crippen molar-refractivity contribution in [1.82, 2.24) is 15.5 Å². The van der Waals surface area contributed by atoms with E-state index >= 15 is 0 Å². The van der Waals surface area contributed by atoms with E-state index in [0.717, 1.165) is 0 Å². The number of aromatic nitrogens is 2. The number of halogens is 1. The summed E-state index contributed by atoms with van der Waals surface area (Å²) in [4.78, 5) is 12.3. The topological polar surface area (TPSA) is 89.0 Å². The molecule has 8 heteroatoms. The Labute approximate surface area is 122 Å². The summed E-state index contributed by atoms with van der Waals surface area (Å²) in [5.74, 6) is -0.577. The molecule has 0 saturated carbocycles. The van der Waals surface area contributed by atoms with Crippen LogP contribution >= 0.6 is 11.6 Å². The third kappa shape index (κ3) is 3.27. The maximum atomic E-state index is 12.3. The largest absolute Gasteiger partial charge is 0.347 e. The Hall–Kier alpha value is -1.21. The molecule has 20 heavy (non-hydrogen) atoms. The van der Waals surface area contributed by atoms with Crippen LogP contribution in [0.5, 0.6) is 0 Å². The summed E-state index contributed by atoms with van der Waals surface area (Å²) in [6.07, 6.45) is 0.573. The van der Waals surface area contributed by atoms with Crippen molar-refractivity contribution in [3.63, 3.8) is 0 Å². The second-order valence-electron chi connectivity index (χ2n) is 4.87. The molecule has 0 aliphatic carbocycles. The van der Waals surface area contributed by atoms with Crippen molar-refractivity contribution in [2.24, 2.45) is 0 Å². The molecule has 1 aliphatic heterocycles. The minimum Gasteiger partial charge on any atom is -0.347 e. The van der Waals surface area contributed by atoms with Gasteiger partial charge in [-0.1, -0.05) is 6.92 Å². The van der Waals surface area contributed by atoms with Gasteiger partial charge in [0.15, 0.2) is 9.84 Å². The molecule has 1 fully saturated rings. The highest BCUT2D eigenvalue weighted by atomic mass is 35.5. The fourth-order valence-corrected chi connectivity index (χ4v) is 4.70. The van der Waals surface area contributed by atoms with Crippen molar-refractivity contribution in [3.05, 3.63) is 23.0 Å². The maximum absolute atomic E-state index is 12.3. The Morgan fingerprint density at radius 3 is 2.70 bits per heavy atom. The van der Waals surface area contributed by atoms with Crippen molar-refractivity contribution >= 4 is 27.3 Å². The van der Waals surface area contributed by atoms with E-state index in [1.165, 1.54) is 0 Å². The van der Waals surface area contributed by atoms with Gasteiger partial charge in [0.1, 0.15) is 0 Å². The number of sulfone groups is 1. The van der Waals surface area contributed by atoms with Gasteiger partial charge in [0, 0.05) is 0 Å². The monoisotopic (exact) mass is 317 g/mol. The van der Waals surface area contributed by atoms with Crippen molar-refractivity contribution in [2.75, 3.05) is 11.5 Å². The Balaban J connectivity index is 2.19. The summed E-state index contributed by atoms with van der Waals surface area (Å²) in [6.45, 7) is 3.62. The normalized spacial score (nSPS) is 24.6. The van der Waals surface area contributed by atoms with Gasteiger partial charge in [-0.25, -0.2) is 8.42 Å². The molecular formula is C12H16ClN3O3S. The van der Waals surface area contributed by atoms with E-state index in [-0.39, 0.29) is 17.4 Å². The van der Waals surface area contributed by atoms with Crippen LogP contribution in [-0.2, 0) is 16.3 Å². The molecule has 6 nitrogen and oxygen atoms in total. The number of amides is 1. The van der Waals surface area contributed by atoms with Gasteiger partial charge in [0.2, 0.25) is 0 Å². The molecule has 1 N–H and O–H groups in total. The summed E-state index contributed by atoms with van der Waals surface area (Å²) in [7, 11) is -3.17. The van der Waals surface area contributed by atoms with E-state index in [0.29, 0.717) is 23.4 Å². The lowest BCUT2D eigenvalue weighted by Gasteiger charge is -2.15. The highest BCUT2D eigenvalue weighted by Gasteiger charge is 2.37. The zero-order valence-corrected chi connectivity index (χ0v) is 12.8. The summed E-state index contributed by atoms with van der Waals surface area (Å²) >= 11 is 5.98. The smallest absolute Gasteiger partial charge is 0.253 e. The Morgan fingerprint density at radius 2 is 2.15 bits per heavy atom. The number of nitrogens with one attached hydrogen (secondary N) is 1. The van der Waals surface area contributed by atoms with E-state index in [1.54, 1.807) is 13.0 Å². The van der Waals surface area contributed by atoms with Crippen LogP contribution in [0.4, 0.5) is 0 Å². The van der Waals surface area contributed by atoms with Crippen LogP contribution in [-0.4, -0.2) is 47.4 Å². The molecule has 2 heterocycles. The lowest BCUT2D eigenvalue weighted by atomic mass is 10.1. The molecule has 0 bridgehead atoms. The average molecular weight is 318 g/mol. The number of nitrogens with zero attached hydrogens (tertiary/aromatic N) is 2. The standard InChI is InChI=1S/C12H16ClN3O3S/c1-3-10-8(4-7(2)15-16-10)12(17)14-11-6-20(18,19)5-9(11)13/h4,9,11H,3,5-6H2,1-2H3,(H,14,17). The molecule has 0 radical (unpaired) electrons. The number of rotatable bonds is 3. The second-order valence-corrected chi connectivity index (χ2v) is 7.59. The summed E-state index contributed by atoms with van der Waals surface area (Å²) in [5.41, 5.74) is 1.64. The number of alkyl halides is 1. The molecule has 1 amide bonds. The first-order chi connectivity index (χ1) is 9.32. The molecule has 1 saturated heterocycles. The molecule has 1 aliphatic rings. The number of carbonyl (C=O) groups excluding carboxylic acids is 1. The van der Waals surface area contributed by atoms with Crippen molar-refractivity contribution < 1.29 is 13.2 Å². The van der Waals surface area contributed by atoms with Crippen molar-refractivity contribution in [3.8, 4) is 0 Å². The van der Waals surface area contributed by atoms with E-state index in [4.69, 9.17) is 11.6 Å². The predicted molar refractivity (Wildman–Crippen MR) is 75.7 cm³/mol. The first-order valence-electron chi connectivity index (χ1n) is 6.31. The minimum absolute atomic E-state index is 0.103. The second kappa shape index (κ2) is 5.65. The molecule has 110 valence electrons. The van der Waals surface area contributed by atoms with Crippen LogP contribution in [0.25, 0.3) is 0 Å². The zero-order chi connectivity index (χ0) is 14.9.